The first kappa shape index (κ1) is 19.0. The zero-order chi connectivity index (χ0) is 19.3. The Bertz CT molecular complexity index is 966. The first-order valence-corrected chi connectivity index (χ1v) is 10.8. The van der Waals surface area contributed by atoms with E-state index in [1.165, 1.54) is 19.3 Å². The summed E-state index contributed by atoms with van der Waals surface area (Å²) >= 11 is 7.85. The van der Waals surface area contributed by atoms with Crippen LogP contribution in [-0.4, -0.2) is 17.1 Å². The van der Waals surface area contributed by atoms with E-state index < -0.39 is 0 Å². The molecule has 1 saturated carbocycles. The molecule has 0 radical (unpaired) electrons. The molecule has 28 heavy (non-hydrogen) atoms. The minimum absolute atomic E-state index is 0.140. The second-order valence-electron chi connectivity index (χ2n) is 7.03. The molecular formula is C22H22ClN3OS. The first-order chi connectivity index (χ1) is 13.7. The number of hydrogen-bond donors (Lipinski definition) is 2. The van der Waals surface area contributed by atoms with E-state index in [-0.39, 0.29) is 12.1 Å². The van der Waals surface area contributed by atoms with Crippen LogP contribution in [0.25, 0.3) is 21.8 Å². The Morgan fingerprint density at radius 2 is 1.89 bits per heavy atom. The maximum absolute atomic E-state index is 12.3. The Hall–Kier alpha value is -2.37. The lowest BCUT2D eigenvalue weighted by Gasteiger charge is -2.22. The van der Waals surface area contributed by atoms with E-state index in [2.05, 4.69) is 10.6 Å². The van der Waals surface area contributed by atoms with E-state index in [0.29, 0.717) is 5.02 Å². The first-order valence-electron chi connectivity index (χ1n) is 9.57. The van der Waals surface area contributed by atoms with Gasteiger partial charge in [-0.1, -0.05) is 61.2 Å². The smallest absolute Gasteiger partial charge is 0.319 e. The summed E-state index contributed by atoms with van der Waals surface area (Å²) in [6.45, 7) is 0. The Kier molecular flexibility index (Phi) is 5.93. The molecule has 0 aliphatic heterocycles. The second-order valence-corrected chi connectivity index (χ2v) is 8.30. The summed E-state index contributed by atoms with van der Waals surface area (Å²) < 4.78 is 0. The van der Waals surface area contributed by atoms with Crippen LogP contribution in [0, 0.1) is 0 Å². The Morgan fingerprint density at radius 3 is 2.71 bits per heavy atom. The van der Waals surface area contributed by atoms with E-state index >= 15 is 0 Å². The summed E-state index contributed by atoms with van der Waals surface area (Å²) in [5.74, 6) is 0. The molecule has 1 heterocycles. The largest absolute Gasteiger partial charge is 0.335 e. The van der Waals surface area contributed by atoms with Crippen LogP contribution in [0.15, 0.2) is 53.9 Å². The van der Waals surface area contributed by atoms with Gasteiger partial charge >= 0.3 is 6.03 Å². The summed E-state index contributed by atoms with van der Waals surface area (Å²) in [7, 11) is 0. The normalized spacial score (nSPS) is 14.6. The van der Waals surface area contributed by atoms with Gasteiger partial charge in [-0.05, 0) is 31.0 Å². The number of amides is 2. The molecule has 0 unspecified atom stereocenters. The number of nitrogens with one attached hydrogen (secondary N) is 2. The number of urea groups is 1. The molecule has 2 aromatic carbocycles. The van der Waals surface area contributed by atoms with E-state index in [4.69, 9.17) is 16.6 Å². The van der Waals surface area contributed by atoms with Gasteiger partial charge in [-0.2, -0.15) is 0 Å². The molecule has 1 aliphatic carbocycles. The summed E-state index contributed by atoms with van der Waals surface area (Å²) in [6, 6.07) is 15.6. The zero-order valence-electron chi connectivity index (χ0n) is 15.5. The van der Waals surface area contributed by atoms with Crippen molar-refractivity contribution in [3.63, 3.8) is 0 Å². The highest BCUT2D eigenvalue weighted by Gasteiger charge is 2.16. The molecule has 1 fully saturated rings. The van der Waals surface area contributed by atoms with Gasteiger partial charge in [-0.3, -0.25) is 0 Å². The molecule has 1 aliphatic rings. The number of thiazole rings is 1. The number of benzene rings is 2. The quantitative estimate of drug-likeness (QED) is 0.509. The number of nitrogens with zero attached hydrogens (tertiary/aromatic N) is 1. The molecular weight excluding hydrogens is 390 g/mol. The molecule has 2 N–H and O–H groups in total. The van der Waals surface area contributed by atoms with Crippen molar-refractivity contribution >= 4 is 34.7 Å². The number of halogens is 1. The fraction of sp³-hybridized carbons (Fsp3) is 0.273. The third kappa shape index (κ3) is 4.54. The van der Waals surface area contributed by atoms with Gasteiger partial charge in [0.1, 0.15) is 5.01 Å². The predicted octanol–water partition coefficient (Wildman–Crippen LogP) is 6.58. The van der Waals surface area contributed by atoms with Gasteiger partial charge in [-0.25, -0.2) is 9.78 Å². The van der Waals surface area contributed by atoms with Crippen LogP contribution in [0.1, 0.15) is 32.1 Å². The fourth-order valence-electron chi connectivity index (χ4n) is 3.52. The molecule has 2 amide bonds. The van der Waals surface area contributed by atoms with Gasteiger partial charge in [0.2, 0.25) is 0 Å². The van der Waals surface area contributed by atoms with Gasteiger partial charge in [-0.15, -0.1) is 11.3 Å². The minimum Gasteiger partial charge on any atom is -0.335 e. The lowest BCUT2D eigenvalue weighted by molar-refractivity contribution is 0.244. The molecule has 4 nitrogen and oxygen atoms in total. The van der Waals surface area contributed by atoms with Crippen molar-refractivity contribution in [1.29, 1.82) is 0 Å². The highest BCUT2D eigenvalue weighted by Crippen LogP contribution is 2.33. The third-order valence-electron chi connectivity index (χ3n) is 4.97. The SMILES string of the molecule is O=C(Nc1cccc(-c2csc(-c3ccccc3Cl)n2)c1)NC1CCCCC1. The number of carbonyl (C=O) groups is 1. The van der Waals surface area contributed by atoms with Crippen LogP contribution in [0.4, 0.5) is 10.5 Å². The highest BCUT2D eigenvalue weighted by atomic mass is 35.5. The Balaban J connectivity index is 1.47. The van der Waals surface area contributed by atoms with Crippen molar-refractivity contribution in [2.75, 3.05) is 5.32 Å². The lowest BCUT2D eigenvalue weighted by atomic mass is 9.96. The van der Waals surface area contributed by atoms with Crippen molar-refractivity contribution in [1.82, 2.24) is 10.3 Å². The Labute approximate surface area is 174 Å². The molecule has 6 heteroatoms. The van der Waals surface area contributed by atoms with Crippen molar-refractivity contribution < 1.29 is 4.79 Å². The van der Waals surface area contributed by atoms with Gasteiger partial charge in [0.05, 0.1) is 10.7 Å². The number of carbonyl (C=O) groups excluding carboxylic acids is 1. The van der Waals surface area contributed by atoms with Gasteiger partial charge in [0.25, 0.3) is 0 Å². The number of aromatic nitrogens is 1. The van der Waals surface area contributed by atoms with E-state index in [1.54, 1.807) is 11.3 Å². The van der Waals surface area contributed by atoms with Crippen LogP contribution in [0.5, 0.6) is 0 Å². The summed E-state index contributed by atoms with van der Waals surface area (Å²) in [5.41, 5.74) is 3.53. The maximum Gasteiger partial charge on any atom is 0.319 e. The number of hydrogen-bond acceptors (Lipinski definition) is 3. The van der Waals surface area contributed by atoms with Gasteiger partial charge in [0, 0.05) is 28.2 Å². The van der Waals surface area contributed by atoms with E-state index in [1.807, 2.05) is 53.9 Å². The maximum atomic E-state index is 12.3. The summed E-state index contributed by atoms with van der Waals surface area (Å²) in [5, 5.41) is 9.62. The van der Waals surface area contributed by atoms with Gasteiger partial charge in [0.15, 0.2) is 0 Å². The molecule has 144 valence electrons. The predicted molar refractivity (Wildman–Crippen MR) is 117 cm³/mol. The van der Waals surface area contributed by atoms with Crippen LogP contribution in [-0.2, 0) is 0 Å². The summed E-state index contributed by atoms with van der Waals surface area (Å²) in [4.78, 5) is 17.0. The van der Waals surface area contributed by atoms with Crippen LogP contribution < -0.4 is 10.6 Å². The average Bonchev–Trinajstić information content (AvgIpc) is 3.19. The number of anilines is 1. The van der Waals surface area contributed by atoms with Crippen LogP contribution in [0.3, 0.4) is 0 Å². The molecule has 0 bridgehead atoms. The zero-order valence-corrected chi connectivity index (χ0v) is 17.0. The van der Waals surface area contributed by atoms with Crippen molar-refractivity contribution in [2.24, 2.45) is 0 Å². The lowest BCUT2D eigenvalue weighted by Crippen LogP contribution is -2.39. The molecule has 0 spiro atoms. The van der Waals surface area contributed by atoms with Crippen molar-refractivity contribution in [3.05, 3.63) is 58.9 Å². The minimum atomic E-state index is -0.140. The second kappa shape index (κ2) is 8.76. The summed E-state index contributed by atoms with van der Waals surface area (Å²) in [6.07, 6.45) is 5.79. The molecule has 1 aromatic heterocycles. The van der Waals surface area contributed by atoms with Gasteiger partial charge < -0.3 is 10.6 Å². The monoisotopic (exact) mass is 411 g/mol. The molecule has 3 aromatic rings. The van der Waals surface area contributed by atoms with Crippen LogP contribution in [0.2, 0.25) is 5.02 Å². The van der Waals surface area contributed by atoms with Crippen LogP contribution >= 0.6 is 22.9 Å². The van der Waals surface area contributed by atoms with Crippen molar-refractivity contribution in [3.8, 4) is 21.8 Å². The van der Waals surface area contributed by atoms with Crippen molar-refractivity contribution in [2.45, 2.75) is 38.1 Å². The topological polar surface area (TPSA) is 54.0 Å². The van der Waals surface area contributed by atoms with E-state index in [0.717, 1.165) is 40.4 Å². The molecule has 0 saturated heterocycles. The average molecular weight is 412 g/mol. The highest BCUT2D eigenvalue weighted by molar-refractivity contribution is 7.13. The molecule has 4 rings (SSSR count). The third-order valence-corrected chi connectivity index (χ3v) is 6.17. The molecule has 0 atom stereocenters. The number of rotatable bonds is 4. The fourth-order valence-corrected chi connectivity index (χ4v) is 4.67. The Morgan fingerprint density at radius 1 is 1.07 bits per heavy atom. The van der Waals surface area contributed by atoms with E-state index in [9.17, 15) is 4.79 Å². The standard InChI is InChI=1S/C22H22ClN3OS/c23-19-12-5-4-11-18(19)21-26-20(14-28-21)15-7-6-10-17(13-15)25-22(27)24-16-8-2-1-3-9-16/h4-7,10-14,16H,1-3,8-9H2,(H2,24,25,27).